The molecule has 2 N–H and O–H groups in total. The molecule has 5 nitrogen and oxygen atoms in total. The molecule has 1 aromatic heterocycles. The summed E-state index contributed by atoms with van der Waals surface area (Å²) in [5.41, 5.74) is 2.03. The largest absolute Gasteiger partial charge is 0.444 e. The van der Waals surface area contributed by atoms with E-state index in [0.29, 0.717) is 18.4 Å². The van der Waals surface area contributed by atoms with E-state index in [0.717, 1.165) is 35.0 Å². The molecule has 0 fully saturated rings. The van der Waals surface area contributed by atoms with E-state index >= 15 is 0 Å². The molecule has 0 saturated heterocycles. The van der Waals surface area contributed by atoms with Crippen LogP contribution in [0.1, 0.15) is 22.9 Å². The van der Waals surface area contributed by atoms with Crippen molar-refractivity contribution in [2.45, 2.75) is 26.8 Å². The van der Waals surface area contributed by atoms with Gasteiger partial charge in [-0.25, -0.2) is 4.98 Å². The highest BCUT2D eigenvalue weighted by atomic mass is 127. The molecule has 7 heteroatoms. The van der Waals surface area contributed by atoms with Crippen molar-refractivity contribution in [2.75, 3.05) is 13.6 Å². The molecule has 0 aliphatic heterocycles. The third-order valence-electron chi connectivity index (χ3n) is 3.35. The monoisotopic (exact) mass is 448 g/mol. The zero-order chi connectivity index (χ0) is 15.9. The molecule has 23 heavy (non-hydrogen) atoms. The number of benzene rings is 1. The SMILES string of the molecule is CN=C(NCCc1ccccc1Cl)NCc1nc(C)c(C)o1.I. The van der Waals surface area contributed by atoms with Gasteiger partial charge in [0.15, 0.2) is 5.96 Å². The fourth-order valence-electron chi connectivity index (χ4n) is 2.01. The number of nitrogens with zero attached hydrogens (tertiary/aromatic N) is 2. The summed E-state index contributed by atoms with van der Waals surface area (Å²) in [5, 5.41) is 7.21. The van der Waals surface area contributed by atoms with E-state index < -0.39 is 0 Å². The molecular weight excluding hydrogens is 427 g/mol. The lowest BCUT2D eigenvalue weighted by Gasteiger charge is -2.11. The minimum absolute atomic E-state index is 0. The summed E-state index contributed by atoms with van der Waals surface area (Å²) in [7, 11) is 1.73. The van der Waals surface area contributed by atoms with Gasteiger partial charge >= 0.3 is 0 Å². The molecular formula is C16H22ClIN4O. The van der Waals surface area contributed by atoms with E-state index in [1.54, 1.807) is 7.05 Å². The number of aryl methyl sites for hydroxylation is 2. The molecule has 0 spiro atoms. The van der Waals surface area contributed by atoms with Crippen molar-refractivity contribution in [1.29, 1.82) is 0 Å². The molecule has 1 heterocycles. The van der Waals surface area contributed by atoms with Gasteiger partial charge in [0.25, 0.3) is 0 Å². The van der Waals surface area contributed by atoms with Gasteiger partial charge in [-0.2, -0.15) is 0 Å². The Hall–Kier alpha value is -1.28. The van der Waals surface area contributed by atoms with Crippen LogP contribution in [0.4, 0.5) is 0 Å². The van der Waals surface area contributed by atoms with E-state index in [-0.39, 0.29) is 24.0 Å². The lowest BCUT2D eigenvalue weighted by atomic mass is 10.1. The van der Waals surface area contributed by atoms with Gasteiger partial charge in [-0.15, -0.1) is 24.0 Å². The van der Waals surface area contributed by atoms with Crippen molar-refractivity contribution in [1.82, 2.24) is 15.6 Å². The van der Waals surface area contributed by atoms with Crippen LogP contribution in [0.3, 0.4) is 0 Å². The van der Waals surface area contributed by atoms with Crippen molar-refractivity contribution in [3.63, 3.8) is 0 Å². The Morgan fingerprint density at radius 1 is 1.26 bits per heavy atom. The molecule has 0 bridgehead atoms. The second kappa shape index (κ2) is 9.77. The first-order valence-corrected chi connectivity index (χ1v) is 7.58. The normalized spacial score (nSPS) is 11.0. The van der Waals surface area contributed by atoms with Crippen LogP contribution in [0.25, 0.3) is 0 Å². The summed E-state index contributed by atoms with van der Waals surface area (Å²) >= 11 is 6.14. The van der Waals surface area contributed by atoms with E-state index in [9.17, 15) is 0 Å². The number of aromatic nitrogens is 1. The number of oxazole rings is 1. The Kier molecular flexibility index (Phi) is 8.40. The summed E-state index contributed by atoms with van der Waals surface area (Å²) in [6.45, 7) is 5.08. The molecule has 2 aromatic rings. The van der Waals surface area contributed by atoms with Crippen molar-refractivity contribution in [2.24, 2.45) is 4.99 Å². The minimum Gasteiger partial charge on any atom is -0.444 e. The number of halogens is 2. The average Bonchev–Trinajstić information content (AvgIpc) is 2.83. The molecule has 0 aliphatic carbocycles. The predicted octanol–water partition coefficient (Wildman–Crippen LogP) is 3.47. The first-order chi connectivity index (χ1) is 10.6. The summed E-state index contributed by atoms with van der Waals surface area (Å²) in [6.07, 6.45) is 0.831. The molecule has 126 valence electrons. The van der Waals surface area contributed by atoms with Gasteiger partial charge in [-0.05, 0) is 31.9 Å². The second-order valence-corrected chi connectivity index (χ2v) is 5.35. The Balaban J connectivity index is 0.00000264. The number of hydrogen-bond acceptors (Lipinski definition) is 3. The molecule has 0 atom stereocenters. The number of nitrogens with one attached hydrogen (secondary N) is 2. The van der Waals surface area contributed by atoms with E-state index in [2.05, 4.69) is 20.6 Å². The van der Waals surface area contributed by atoms with Crippen LogP contribution in [-0.4, -0.2) is 24.5 Å². The molecule has 0 amide bonds. The summed E-state index contributed by atoms with van der Waals surface area (Å²) < 4.78 is 5.52. The number of hydrogen-bond donors (Lipinski definition) is 2. The Morgan fingerprint density at radius 3 is 2.61 bits per heavy atom. The minimum atomic E-state index is 0. The molecule has 0 saturated carbocycles. The van der Waals surface area contributed by atoms with Gasteiger partial charge in [0.1, 0.15) is 5.76 Å². The first kappa shape index (κ1) is 19.8. The van der Waals surface area contributed by atoms with Crippen molar-refractivity contribution >= 4 is 41.5 Å². The highest BCUT2D eigenvalue weighted by molar-refractivity contribution is 14.0. The highest BCUT2D eigenvalue weighted by Gasteiger charge is 2.06. The Morgan fingerprint density at radius 2 is 2.00 bits per heavy atom. The molecule has 0 unspecified atom stereocenters. The van der Waals surface area contributed by atoms with Crippen LogP contribution in [-0.2, 0) is 13.0 Å². The topological polar surface area (TPSA) is 62.5 Å². The maximum atomic E-state index is 6.14. The number of rotatable bonds is 5. The number of guanidine groups is 1. The molecule has 1 aromatic carbocycles. The quantitative estimate of drug-likeness (QED) is 0.418. The third-order valence-corrected chi connectivity index (χ3v) is 3.72. The third kappa shape index (κ3) is 6.02. The molecule has 2 rings (SSSR count). The summed E-state index contributed by atoms with van der Waals surface area (Å²) in [5.74, 6) is 2.21. The predicted molar refractivity (Wildman–Crippen MR) is 105 cm³/mol. The Bertz CT molecular complexity index is 638. The van der Waals surface area contributed by atoms with Crippen LogP contribution in [0.15, 0.2) is 33.7 Å². The zero-order valence-electron chi connectivity index (χ0n) is 13.5. The first-order valence-electron chi connectivity index (χ1n) is 7.21. The molecule has 0 radical (unpaired) electrons. The van der Waals surface area contributed by atoms with Crippen LogP contribution in [0, 0.1) is 13.8 Å². The van der Waals surface area contributed by atoms with Gasteiger partial charge in [-0.1, -0.05) is 29.8 Å². The van der Waals surface area contributed by atoms with E-state index in [1.807, 2.05) is 38.1 Å². The highest BCUT2D eigenvalue weighted by Crippen LogP contribution is 2.14. The van der Waals surface area contributed by atoms with Crippen molar-refractivity contribution in [3.8, 4) is 0 Å². The van der Waals surface area contributed by atoms with Gasteiger partial charge in [-0.3, -0.25) is 4.99 Å². The maximum absolute atomic E-state index is 6.14. The lowest BCUT2D eigenvalue weighted by Crippen LogP contribution is -2.37. The maximum Gasteiger partial charge on any atom is 0.214 e. The Labute approximate surface area is 158 Å². The van der Waals surface area contributed by atoms with Gasteiger partial charge < -0.3 is 15.1 Å². The van der Waals surface area contributed by atoms with Gasteiger partial charge in [0.2, 0.25) is 5.89 Å². The van der Waals surface area contributed by atoms with Crippen LogP contribution in [0.5, 0.6) is 0 Å². The van der Waals surface area contributed by atoms with Crippen molar-refractivity contribution < 1.29 is 4.42 Å². The van der Waals surface area contributed by atoms with Crippen LogP contribution < -0.4 is 10.6 Å². The number of aliphatic imine (C=N–C) groups is 1. The molecule has 0 aliphatic rings. The van der Waals surface area contributed by atoms with Crippen LogP contribution in [0.2, 0.25) is 5.02 Å². The fourth-order valence-corrected chi connectivity index (χ4v) is 2.24. The summed E-state index contributed by atoms with van der Waals surface area (Å²) in [4.78, 5) is 8.50. The van der Waals surface area contributed by atoms with Crippen LogP contribution >= 0.6 is 35.6 Å². The van der Waals surface area contributed by atoms with E-state index in [4.69, 9.17) is 16.0 Å². The smallest absolute Gasteiger partial charge is 0.214 e. The summed E-state index contributed by atoms with van der Waals surface area (Å²) in [6, 6.07) is 7.84. The lowest BCUT2D eigenvalue weighted by molar-refractivity contribution is 0.464. The fraction of sp³-hybridized carbons (Fsp3) is 0.375. The van der Waals surface area contributed by atoms with Gasteiger partial charge in [0, 0.05) is 18.6 Å². The average molecular weight is 449 g/mol. The second-order valence-electron chi connectivity index (χ2n) is 4.94. The van der Waals surface area contributed by atoms with Gasteiger partial charge in [0.05, 0.1) is 12.2 Å². The standard InChI is InChI=1S/C16H21ClN4O.HI/c1-11-12(2)22-15(21-11)10-20-16(18-3)19-9-8-13-6-4-5-7-14(13)17;/h4-7H,8-10H2,1-3H3,(H2,18,19,20);1H. The van der Waals surface area contributed by atoms with E-state index in [1.165, 1.54) is 0 Å². The van der Waals surface area contributed by atoms with Crippen molar-refractivity contribution in [3.05, 3.63) is 52.2 Å². The zero-order valence-corrected chi connectivity index (χ0v) is 16.6.